The lowest BCUT2D eigenvalue weighted by molar-refractivity contribution is -0.137. The molecule has 0 aliphatic carbocycles. The Balaban J connectivity index is 1.60. The minimum absolute atomic E-state index is 0.137. The number of aliphatic carboxylic acids is 1. The van der Waals surface area contributed by atoms with E-state index in [-0.39, 0.29) is 17.6 Å². The lowest BCUT2D eigenvalue weighted by atomic mass is 9.81. The highest BCUT2D eigenvalue weighted by Gasteiger charge is 2.40. The Labute approximate surface area is 467 Å². The standard InChI is InChI=1S/C58H94N2O17S/c1-57(2,3)51(14-10-8-11-15-55-58(4,5)52-47-49(78(64)65)18-20-53(52)60(55)21-13-9-12-16-56(62)63)50-19-17-48(46-54(50)61)59(22-24-68-30-32-72-38-40-76-44-42-74-36-34-70-28-26-66-6)23-25-69-31-33-73-39-41-77-45-43-75-37-35-71-29-27-67-7/h8,11,14-15,17-20,46-47,61H,9-10,12-13,16,21-45H2,1-7H3,(H,62,63)(H,64,65)/b11-8+,51-14+,55-15+. The van der Waals surface area contributed by atoms with Gasteiger partial charge in [-0.25, -0.2) is 4.21 Å². The van der Waals surface area contributed by atoms with Crippen molar-refractivity contribution in [1.29, 1.82) is 0 Å². The molecule has 0 spiro atoms. The van der Waals surface area contributed by atoms with Gasteiger partial charge in [-0.2, -0.15) is 0 Å². The van der Waals surface area contributed by atoms with Crippen molar-refractivity contribution in [2.75, 3.05) is 189 Å². The summed E-state index contributed by atoms with van der Waals surface area (Å²) in [4.78, 5) is 15.9. The van der Waals surface area contributed by atoms with Crippen molar-refractivity contribution in [2.24, 2.45) is 5.41 Å². The molecule has 1 unspecified atom stereocenters. The Morgan fingerprint density at radius 3 is 1.53 bits per heavy atom. The molecule has 1 aliphatic rings. The number of hydrogen-bond donors (Lipinski definition) is 3. The summed E-state index contributed by atoms with van der Waals surface area (Å²) in [6, 6.07) is 11.2. The van der Waals surface area contributed by atoms with Crippen molar-refractivity contribution in [2.45, 2.75) is 77.0 Å². The zero-order valence-electron chi connectivity index (χ0n) is 47.8. The number of carboxylic acids is 1. The Bertz CT molecular complexity index is 2010. The molecule has 19 nitrogen and oxygen atoms in total. The number of anilines is 2. The molecule has 2 aromatic rings. The van der Waals surface area contributed by atoms with E-state index in [1.54, 1.807) is 26.4 Å². The van der Waals surface area contributed by atoms with Crippen molar-refractivity contribution < 1.29 is 80.6 Å². The average molecular weight is 1120 g/mol. The summed E-state index contributed by atoms with van der Waals surface area (Å²) < 4.78 is 88.2. The van der Waals surface area contributed by atoms with Crippen LogP contribution in [0.1, 0.15) is 77.8 Å². The van der Waals surface area contributed by atoms with Gasteiger partial charge in [-0.3, -0.25) is 4.79 Å². The summed E-state index contributed by atoms with van der Waals surface area (Å²) >= 11 is -2.11. The van der Waals surface area contributed by atoms with Crippen molar-refractivity contribution in [1.82, 2.24) is 0 Å². The van der Waals surface area contributed by atoms with Gasteiger partial charge in [0.25, 0.3) is 0 Å². The first kappa shape index (κ1) is 68.4. The second-order valence-corrected chi connectivity index (χ2v) is 20.8. The molecule has 0 aromatic heterocycles. The number of carboxylic acid groups (broad SMARTS) is 1. The number of nitrogens with zero attached hydrogens (tertiary/aromatic N) is 2. The number of rotatable bonds is 48. The van der Waals surface area contributed by atoms with E-state index in [0.29, 0.717) is 183 Å². The van der Waals surface area contributed by atoms with Crippen LogP contribution in [0.4, 0.5) is 11.4 Å². The van der Waals surface area contributed by atoms with Crippen LogP contribution in [0.5, 0.6) is 5.75 Å². The highest BCUT2D eigenvalue weighted by molar-refractivity contribution is 7.79. The SMILES string of the molecule is COCCOCCOCCOCCOCCOCCN(CCOCCOCCOCCOCCOCCOC)c1ccc(/C(=C\C/C=C/C=C2/N(CCCCCC(=O)O)c3ccc(S(=O)O)cc3C2(C)C)C(C)(C)C)c(O)c1. The fraction of sp³-hybridized carbons (Fsp3) is 0.672. The van der Waals surface area contributed by atoms with E-state index in [2.05, 4.69) is 62.6 Å². The number of ether oxygens (including phenoxy) is 12. The maximum absolute atomic E-state index is 12.1. The number of carbonyl (C=O) groups is 1. The summed E-state index contributed by atoms with van der Waals surface area (Å²) in [6.45, 7) is 22.9. The maximum Gasteiger partial charge on any atom is 0.303 e. The second-order valence-electron chi connectivity index (χ2n) is 19.8. The third-order valence-corrected chi connectivity index (χ3v) is 13.1. The third-order valence-electron chi connectivity index (χ3n) is 12.5. The fourth-order valence-corrected chi connectivity index (χ4v) is 8.79. The van der Waals surface area contributed by atoms with Crippen LogP contribution in [0, 0.1) is 5.41 Å². The molecule has 0 amide bonds. The molecule has 0 saturated heterocycles. The third kappa shape index (κ3) is 28.0. The molecule has 1 aliphatic heterocycles. The summed E-state index contributed by atoms with van der Waals surface area (Å²) in [5.74, 6) is -0.627. The first-order valence-corrected chi connectivity index (χ1v) is 28.5. The predicted octanol–water partition coefficient (Wildman–Crippen LogP) is 7.94. The second kappa shape index (κ2) is 41.2. The van der Waals surface area contributed by atoms with E-state index >= 15 is 0 Å². The molecule has 0 saturated carbocycles. The molecule has 3 rings (SSSR count). The first-order valence-electron chi connectivity index (χ1n) is 27.4. The van der Waals surface area contributed by atoms with Crippen molar-refractivity contribution >= 4 is 34.0 Å². The van der Waals surface area contributed by atoms with Crippen LogP contribution in [-0.4, -0.2) is 204 Å². The van der Waals surface area contributed by atoms with Crippen LogP contribution in [0.3, 0.4) is 0 Å². The number of hydrogen-bond acceptors (Lipinski definition) is 17. The number of methoxy groups -OCH3 is 2. The smallest absolute Gasteiger partial charge is 0.303 e. The summed E-state index contributed by atoms with van der Waals surface area (Å²) in [5.41, 5.74) is 4.83. The van der Waals surface area contributed by atoms with Crippen LogP contribution in [0.15, 0.2) is 71.3 Å². The minimum atomic E-state index is -2.11. The van der Waals surface area contributed by atoms with Gasteiger partial charge in [0.05, 0.1) is 150 Å². The molecular formula is C58H94N2O17S. The van der Waals surface area contributed by atoms with Crippen LogP contribution in [0.2, 0.25) is 0 Å². The van der Waals surface area contributed by atoms with Crippen molar-refractivity contribution in [3.05, 3.63) is 77.5 Å². The van der Waals surface area contributed by atoms with Gasteiger partial charge in [-0.1, -0.05) is 59.3 Å². The summed E-state index contributed by atoms with van der Waals surface area (Å²) in [5, 5.41) is 20.8. The Morgan fingerprint density at radius 2 is 1.10 bits per heavy atom. The number of aromatic hydroxyl groups is 1. The van der Waals surface area contributed by atoms with E-state index < -0.39 is 22.5 Å². The van der Waals surface area contributed by atoms with Crippen LogP contribution in [-0.2, 0) is 78.1 Å². The van der Waals surface area contributed by atoms with Gasteiger partial charge in [-0.15, -0.1) is 0 Å². The summed E-state index contributed by atoms with van der Waals surface area (Å²) in [6.07, 6.45) is 11.3. The quantitative estimate of drug-likeness (QED) is 0.0424. The van der Waals surface area contributed by atoms with Crippen LogP contribution >= 0.6 is 0 Å². The van der Waals surface area contributed by atoms with E-state index in [0.717, 1.165) is 46.6 Å². The zero-order valence-corrected chi connectivity index (χ0v) is 48.7. The first-order chi connectivity index (χ1) is 37.7. The number of phenolic OH excluding ortho intramolecular Hbond substituents is 1. The summed E-state index contributed by atoms with van der Waals surface area (Å²) in [7, 11) is 3.28. The van der Waals surface area contributed by atoms with E-state index in [4.69, 9.17) is 61.9 Å². The maximum atomic E-state index is 12.1. The average Bonchev–Trinajstić information content (AvgIpc) is 3.68. The molecule has 20 heteroatoms. The molecular weight excluding hydrogens is 1030 g/mol. The zero-order chi connectivity index (χ0) is 56.7. The molecule has 1 heterocycles. The van der Waals surface area contributed by atoms with Crippen molar-refractivity contribution in [3.8, 4) is 5.75 Å². The number of allylic oxidation sites excluding steroid dienone is 6. The van der Waals surface area contributed by atoms with Crippen molar-refractivity contribution in [3.63, 3.8) is 0 Å². The van der Waals surface area contributed by atoms with Gasteiger partial charge in [-0.05, 0) is 72.2 Å². The fourth-order valence-electron chi connectivity index (χ4n) is 8.38. The largest absolute Gasteiger partial charge is 0.507 e. The molecule has 444 valence electrons. The number of unbranched alkanes of at least 4 members (excludes halogenated alkanes) is 2. The predicted molar refractivity (Wildman–Crippen MR) is 303 cm³/mol. The van der Waals surface area contributed by atoms with E-state index in [9.17, 15) is 18.7 Å². The monoisotopic (exact) mass is 1120 g/mol. The Kier molecular flexibility index (Phi) is 36.1. The molecule has 1 atom stereocenters. The molecule has 3 N–H and O–H groups in total. The molecule has 0 radical (unpaired) electrons. The Hall–Kier alpha value is -3.84. The minimum Gasteiger partial charge on any atom is -0.507 e. The number of fused-ring (bicyclic) bond motifs is 1. The van der Waals surface area contributed by atoms with Gasteiger partial charge in [0.2, 0.25) is 0 Å². The van der Waals surface area contributed by atoms with Gasteiger partial charge in [0.1, 0.15) is 5.75 Å². The normalized spacial score (nSPS) is 14.5. The molecule has 2 aromatic carbocycles. The topological polar surface area (TPSA) is 212 Å². The highest BCUT2D eigenvalue weighted by Crippen LogP contribution is 2.48. The van der Waals surface area contributed by atoms with Gasteiger partial charge in [0.15, 0.2) is 11.1 Å². The van der Waals surface area contributed by atoms with Gasteiger partial charge in [0, 0.05) is 74.4 Å². The number of benzene rings is 2. The van der Waals surface area contributed by atoms with Gasteiger partial charge >= 0.3 is 5.97 Å². The van der Waals surface area contributed by atoms with Crippen LogP contribution < -0.4 is 9.80 Å². The Morgan fingerprint density at radius 1 is 0.641 bits per heavy atom. The molecule has 78 heavy (non-hydrogen) atoms. The lowest BCUT2D eigenvalue weighted by Gasteiger charge is -2.28. The van der Waals surface area contributed by atoms with E-state index in [1.165, 1.54) is 0 Å². The highest BCUT2D eigenvalue weighted by atomic mass is 32.2. The van der Waals surface area contributed by atoms with Crippen LogP contribution in [0.25, 0.3) is 5.57 Å². The lowest BCUT2D eigenvalue weighted by Crippen LogP contribution is -2.31. The number of phenols is 1. The molecule has 0 bridgehead atoms. The van der Waals surface area contributed by atoms with Gasteiger partial charge < -0.3 is 81.4 Å². The van der Waals surface area contributed by atoms with E-state index in [1.807, 2.05) is 30.3 Å². The molecule has 0 fully saturated rings.